The number of Topliss-reactive ketones (excluding diaryl/α,β-unsaturated/α-hetero) is 1. The summed E-state index contributed by atoms with van der Waals surface area (Å²) in [6.45, 7) is 5.39. The lowest BCUT2D eigenvalue weighted by Crippen LogP contribution is -2.62. The summed E-state index contributed by atoms with van der Waals surface area (Å²) in [6, 6.07) is 0. The quantitative estimate of drug-likeness (QED) is 0.483. The van der Waals surface area contributed by atoms with Gasteiger partial charge in [0, 0.05) is 24.4 Å². The largest absolute Gasteiger partial charge is 0.396 e. The van der Waals surface area contributed by atoms with Gasteiger partial charge < -0.3 is 15.9 Å². The molecule has 0 radical (unpaired) electrons. The van der Waals surface area contributed by atoms with E-state index in [2.05, 4.69) is 26.0 Å². The van der Waals surface area contributed by atoms with Crippen LogP contribution in [0.3, 0.4) is 0 Å². The van der Waals surface area contributed by atoms with Gasteiger partial charge >= 0.3 is 0 Å². The van der Waals surface area contributed by atoms with Crippen molar-refractivity contribution in [2.75, 3.05) is 13.2 Å². The smallest absolute Gasteiger partial charge is 0.139 e. The van der Waals surface area contributed by atoms with Gasteiger partial charge in [-0.2, -0.15) is 0 Å². The predicted octanol–water partition coefficient (Wildman–Crippen LogP) is 3.70. The Morgan fingerprint density at radius 1 is 1.14 bits per heavy atom. The van der Waals surface area contributed by atoms with Crippen molar-refractivity contribution in [3.8, 4) is 0 Å². The predicted molar refractivity (Wildman–Crippen MR) is 115 cm³/mol. The van der Waals surface area contributed by atoms with Crippen molar-refractivity contribution >= 4 is 5.78 Å². The third-order valence-corrected chi connectivity index (χ3v) is 9.89. The minimum atomic E-state index is -0.474. The molecule has 4 aliphatic rings. The molecule has 0 amide bonds. The summed E-state index contributed by atoms with van der Waals surface area (Å²) in [4.78, 5) is 12.7. The summed E-state index contributed by atoms with van der Waals surface area (Å²) in [5.74, 6) is 2.22. The summed E-state index contributed by atoms with van der Waals surface area (Å²) in [6.07, 6.45) is 13.3. The van der Waals surface area contributed by atoms with Crippen LogP contribution in [0.2, 0.25) is 0 Å². The number of fused-ring (bicyclic) bond motifs is 5. The molecule has 164 valence electrons. The average molecular weight is 404 g/mol. The van der Waals surface area contributed by atoms with E-state index in [9.17, 15) is 15.0 Å². The monoisotopic (exact) mass is 403 g/mol. The third-order valence-electron chi connectivity index (χ3n) is 9.89. The zero-order chi connectivity index (χ0) is 20.8. The molecule has 4 fully saturated rings. The first-order chi connectivity index (χ1) is 13.9. The standard InChI is InChI=1S/C25H41NO3/c1-24-11-9-16(6-4-3-5-13-26)14-20(24)17(15-27)23(29)22-18-7-8-21(28)25(18,2)12-10-19(22)24/h4,6,16-20,22-23,27,29H,3,5,7-15,26H2,1-2H3/t16-,17-,18+,19+,20?,22+,23-,24-,25+/m1/s1. The number of hydrogen-bond acceptors (Lipinski definition) is 4. The lowest BCUT2D eigenvalue weighted by molar-refractivity contribution is -0.198. The van der Waals surface area contributed by atoms with E-state index in [0.717, 1.165) is 45.1 Å². The number of nitrogens with two attached hydrogens (primary N) is 1. The number of ketones is 1. The second-order valence-corrected chi connectivity index (χ2v) is 11.1. The second-order valence-electron chi connectivity index (χ2n) is 11.1. The Labute approximate surface area is 176 Å². The molecule has 0 aromatic rings. The fourth-order valence-corrected chi connectivity index (χ4v) is 8.19. The highest BCUT2D eigenvalue weighted by Gasteiger charge is 2.64. The van der Waals surface area contributed by atoms with Crippen molar-refractivity contribution in [3.63, 3.8) is 0 Å². The van der Waals surface area contributed by atoms with E-state index in [1.807, 2.05) is 0 Å². The summed E-state index contributed by atoms with van der Waals surface area (Å²) < 4.78 is 0. The molecule has 4 heteroatoms. The maximum absolute atomic E-state index is 12.7. The summed E-state index contributed by atoms with van der Waals surface area (Å²) in [7, 11) is 0. The zero-order valence-electron chi connectivity index (χ0n) is 18.4. The summed E-state index contributed by atoms with van der Waals surface area (Å²) in [5, 5.41) is 21.8. The first-order valence-corrected chi connectivity index (χ1v) is 12.1. The fourth-order valence-electron chi connectivity index (χ4n) is 8.19. The fraction of sp³-hybridized carbons (Fsp3) is 0.880. The van der Waals surface area contributed by atoms with Crippen LogP contribution in [0.25, 0.3) is 0 Å². The number of allylic oxidation sites excluding steroid dienone is 2. The maximum atomic E-state index is 12.7. The van der Waals surface area contributed by atoms with Crippen LogP contribution >= 0.6 is 0 Å². The molecule has 9 atom stereocenters. The molecule has 0 heterocycles. The Balaban J connectivity index is 1.59. The van der Waals surface area contributed by atoms with Gasteiger partial charge in [0.2, 0.25) is 0 Å². The number of aliphatic hydroxyl groups is 2. The lowest BCUT2D eigenvalue weighted by atomic mass is 9.42. The number of carbonyl (C=O) groups is 1. The van der Waals surface area contributed by atoms with Crippen molar-refractivity contribution < 1.29 is 15.0 Å². The molecule has 0 bridgehead atoms. The molecule has 4 rings (SSSR count). The van der Waals surface area contributed by atoms with E-state index in [1.54, 1.807) is 0 Å². The number of unbranched alkanes of at least 4 members (excludes halogenated alkanes) is 1. The highest BCUT2D eigenvalue weighted by molar-refractivity contribution is 5.87. The highest BCUT2D eigenvalue weighted by Crippen LogP contribution is 2.67. The Morgan fingerprint density at radius 3 is 2.66 bits per heavy atom. The van der Waals surface area contributed by atoms with Crippen LogP contribution in [-0.4, -0.2) is 35.3 Å². The number of hydrogen-bond donors (Lipinski definition) is 3. The minimum absolute atomic E-state index is 0.0560. The highest BCUT2D eigenvalue weighted by atomic mass is 16.3. The van der Waals surface area contributed by atoms with Gasteiger partial charge in [-0.25, -0.2) is 0 Å². The summed E-state index contributed by atoms with van der Waals surface area (Å²) >= 11 is 0. The van der Waals surface area contributed by atoms with E-state index in [0.29, 0.717) is 35.9 Å². The van der Waals surface area contributed by atoms with E-state index in [-0.39, 0.29) is 29.3 Å². The SMILES string of the molecule is C[C@]12CC[C@@H](C=CCCCN)CC1[C@@H](CO)[C@@H](O)[C@@H]1[C@@H]2CC[C@]2(C)C(=O)CC[C@@H]12. The molecular weight excluding hydrogens is 362 g/mol. The molecule has 4 N–H and O–H groups in total. The Hall–Kier alpha value is -0.710. The zero-order valence-corrected chi connectivity index (χ0v) is 18.4. The van der Waals surface area contributed by atoms with Crippen LogP contribution in [0.4, 0.5) is 0 Å². The second kappa shape index (κ2) is 8.09. The van der Waals surface area contributed by atoms with Crippen LogP contribution in [0, 0.1) is 46.3 Å². The number of carbonyl (C=O) groups excluding carboxylic acids is 1. The van der Waals surface area contributed by atoms with Crippen LogP contribution in [0.1, 0.15) is 71.6 Å². The molecule has 0 spiro atoms. The van der Waals surface area contributed by atoms with Gasteiger partial charge in [-0.3, -0.25) is 4.79 Å². The van der Waals surface area contributed by atoms with Gasteiger partial charge in [-0.05, 0) is 92.9 Å². The molecule has 0 saturated heterocycles. The molecule has 4 nitrogen and oxygen atoms in total. The Bertz CT molecular complexity index is 648. The third kappa shape index (κ3) is 3.34. The molecule has 0 aromatic heterocycles. The molecule has 4 aliphatic carbocycles. The topological polar surface area (TPSA) is 83.6 Å². The van der Waals surface area contributed by atoms with Crippen molar-refractivity contribution in [1.82, 2.24) is 0 Å². The van der Waals surface area contributed by atoms with Crippen molar-refractivity contribution in [2.45, 2.75) is 77.7 Å². The minimum Gasteiger partial charge on any atom is -0.396 e. The van der Waals surface area contributed by atoms with E-state index < -0.39 is 6.10 Å². The van der Waals surface area contributed by atoms with Gasteiger partial charge in [-0.15, -0.1) is 0 Å². The van der Waals surface area contributed by atoms with Crippen LogP contribution in [0.5, 0.6) is 0 Å². The lowest BCUT2D eigenvalue weighted by Gasteiger charge is -2.63. The maximum Gasteiger partial charge on any atom is 0.139 e. The van der Waals surface area contributed by atoms with Crippen molar-refractivity contribution in [3.05, 3.63) is 12.2 Å². The van der Waals surface area contributed by atoms with Crippen LogP contribution < -0.4 is 5.73 Å². The molecular formula is C25H41NO3. The van der Waals surface area contributed by atoms with Gasteiger partial charge in [0.1, 0.15) is 5.78 Å². The molecule has 4 saturated carbocycles. The van der Waals surface area contributed by atoms with Gasteiger partial charge in [0.05, 0.1) is 6.10 Å². The number of rotatable bonds is 5. The molecule has 0 aliphatic heterocycles. The molecule has 29 heavy (non-hydrogen) atoms. The first kappa shape index (κ1) is 21.5. The van der Waals surface area contributed by atoms with Crippen LogP contribution in [-0.2, 0) is 4.79 Å². The molecule has 0 aromatic carbocycles. The number of aliphatic hydroxyl groups excluding tert-OH is 2. The van der Waals surface area contributed by atoms with Gasteiger partial charge in [-0.1, -0.05) is 26.0 Å². The Kier molecular flexibility index (Phi) is 6.00. The van der Waals surface area contributed by atoms with Crippen LogP contribution in [0.15, 0.2) is 12.2 Å². The van der Waals surface area contributed by atoms with Gasteiger partial charge in [0.15, 0.2) is 0 Å². The van der Waals surface area contributed by atoms with E-state index in [1.165, 1.54) is 12.8 Å². The summed E-state index contributed by atoms with van der Waals surface area (Å²) in [5.41, 5.74) is 5.54. The van der Waals surface area contributed by atoms with Gasteiger partial charge in [0.25, 0.3) is 0 Å². The molecule has 1 unspecified atom stereocenters. The van der Waals surface area contributed by atoms with E-state index in [4.69, 9.17) is 5.73 Å². The average Bonchev–Trinajstić information content (AvgIpc) is 3.01. The van der Waals surface area contributed by atoms with Crippen molar-refractivity contribution in [1.29, 1.82) is 0 Å². The van der Waals surface area contributed by atoms with Crippen molar-refractivity contribution in [2.24, 2.45) is 52.1 Å². The Morgan fingerprint density at radius 2 is 1.93 bits per heavy atom. The van der Waals surface area contributed by atoms with E-state index >= 15 is 0 Å². The normalized spacial score (nSPS) is 49.7. The first-order valence-electron chi connectivity index (χ1n) is 12.1.